The Hall–Kier alpha value is -3.16. The molecule has 0 unspecified atom stereocenters. The Morgan fingerprint density at radius 1 is 0.654 bits per heavy atom. The molecule has 0 aliphatic rings. The maximum atomic E-state index is 11.7. The van der Waals surface area contributed by atoms with Gasteiger partial charge in [-0.2, -0.15) is 0 Å². The summed E-state index contributed by atoms with van der Waals surface area (Å²) < 4.78 is 0. The third kappa shape index (κ3) is 8.09. The number of hydrogen-bond donors (Lipinski definition) is 4. The second-order valence-corrected chi connectivity index (χ2v) is 5.64. The van der Waals surface area contributed by atoms with Crippen molar-refractivity contribution in [3.63, 3.8) is 0 Å². The predicted octanol–water partition coefficient (Wildman–Crippen LogP) is 1.56. The molecule has 0 bridgehead atoms. The molecule has 0 saturated carbocycles. The lowest BCUT2D eigenvalue weighted by atomic mass is 10.3. The number of nitrogens with zero attached hydrogens (tertiary/aromatic N) is 2. The van der Waals surface area contributed by atoms with Gasteiger partial charge in [0.1, 0.15) is 0 Å². The van der Waals surface area contributed by atoms with Gasteiger partial charge in [-0.05, 0) is 48.2 Å². The van der Waals surface area contributed by atoms with Gasteiger partial charge in [0.15, 0.2) is 0 Å². The van der Waals surface area contributed by atoms with Crippen LogP contribution >= 0.6 is 0 Å². The quantitative estimate of drug-likeness (QED) is 0.511. The van der Waals surface area contributed by atoms with Gasteiger partial charge in [0.05, 0.1) is 0 Å². The summed E-state index contributed by atoms with van der Waals surface area (Å²) in [7, 11) is 0. The highest BCUT2D eigenvalue weighted by Gasteiger charge is 2.01. The van der Waals surface area contributed by atoms with E-state index in [1.165, 1.54) is 0 Å². The third-order valence-electron chi connectivity index (χ3n) is 3.58. The number of pyridine rings is 2. The fraction of sp³-hybridized carbons (Fsp3) is 0.333. The van der Waals surface area contributed by atoms with E-state index in [1.54, 1.807) is 24.8 Å². The normalized spacial score (nSPS) is 10.0. The summed E-state index contributed by atoms with van der Waals surface area (Å²) in [5, 5.41) is 11.1. The zero-order chi connectivity index (χ0) is 18.5. The van der Waals surface area contributed by atoms with Gasteiger partial charge in [-0.3, -0.25) is 9.97 Å². The van der Waals surface area contributed by atoms with Crippen LogP contribution in [0.15, 0.2) is 49.1 Å². The van der Waals surface area contributed by atoms with Crippen LogP contribution in [0.1, 0.15) is 24.0 Å². The van der Waals surface area contributed by atoms with E-state index >= 15 is 0 Å². The maximum absolute atomic E-state index is 11.7. The highest BCUT2D eigenvalue weighted by atomic mass is 16.2. The Kier molecular flexibility index (Phi) is 8.41. The van der Waals surface area contributed by atoms with Crippen molar-refractivity contribution in [2.75, 3.05) is 13.1 Å². The van der Waals surface area contributed by atoms with Crippen LogP contribution in [-0.4, -0.2) is 35.1 Å². The van der Waals surface area contributed by atoms with Gasteiger partial charge >= 0.3 is 12.1 Å². The number of hydrogen-bond acceptors (Lipinski definition) is 4. The minimum absolute atomic E-state index is 0.204. The molecule has 4 amide bonds. The number of rotatable bonds is 9. The predicted molar refractivity (Wildman–Crippen MR) is 98.2 cm³/mol. The van der Waals surface area contributed by atoms with E-state index in [0.717, 1.165) is 24.0 Å². The Balaban J connectivity index is 1.45. The van der Waals surface area contributed by atoms with E-state index in [0.29, 0.717) is 26.2 Å². The number of aromatic nitrogens is 2. The molecule has 2 aromatic rings. The molecule has 0 atom stereocenters. The van der Waals surface area contributed by atoms with Gasteiger partial charge in [-0.15, -0.1) is 0 Å². The monoisotopic (exact) mass is 356 g/mol. The van der Waals surface area contributed by atoms with Crippen LogP contribution in [0.4, 0.5) is 9.59 Å². The summed E-state index contributed by atoms with van der Waals surface area (Å²) in [5.74, 6) is 0. The first-order valence-corrected chi connectivity index (χ1v) is 8.55. The number of carbonyl (C=O) groups excluding carboxylic acids is 2. The molecule has 2 rings (SSSR count). The largest absolute Gasteiger partial charge is 0.338 e. The molecule has 0 aliphatic carbocycles. The van der Waals surface area contributed by atoms with Crippen molar-refractivity contribution in [2.24, 2.45) is 0 Å². The molecule has 2 heterocycles. The van der Waals surface area contributed by atoms with Crippen molar-refractivity contribution >= 4 is 12.1 Å². The standard InChI is InChI=1S/C18H24N6O2/c25-17(23-13-15-3-9-19-10-4-15)21-7-1-2-8-22-18(26)24-14-16-5-11-20-12-6-16/h3-6,9-12H,1-2,7-8,13-14H2,(H2,21,23,25)(H2,22,24,26). The smallest absolute Gasteiger partial charge is 0.315 e. The second kappa shape index (κ2) is 11.4. The van der Waals surface area contributed by atoms with Crippen LogP contribution in [0.3, 0.4) is 0 Å². The van der Waals surface area contributed by atoms with Crippen LogP contribution in [-0.2, 0) is 13.1 Å². The summed E-state index contributed by atoms with van der Waals surface area (Å²) >= 11 is 0. The molecule has 0 aromatic carbocycles. The average Bonchev–Trinajstić information content (AvgIpc) is 2.69. The molecule has 8 heteroatoms. The van der Waals surface area contributed by atoms with Crippen molar-refractivity contribution in [1.82, 2.24) is 31.2 Å². The number of unbranched alkanes of at least 4 members (excludes halogenated alkanes) is 1. The summed E-state index contributed by atoms with van der Waals surface area (Å²) in [6, 6.07) is 7.00. The molecule has 4 N–H and O–H groups in total. The fourth-order valence-corrected chi connectivity index (χ4v) is 2.14. The van der Waals surface area contributed by atoms with Crippen molar-refractivity contribution in [1.29, 1.82) is 0 Å². The number of urea groups is 2. The van der Waals surface area contributed by atoms with E-state index in [9.17, 15) is 9.59 Å². The minimum Gasteiger partial charge on any atom is -0.338 e. The SMILES string of the molecule is O=C(NCCCCNC(=O)NCc1ccncc1)NCc1ccncc1. The number of carbonyl (C=O) groups is 2. The fourth-order valence-electron chi connectivity index (χ4n) is 2.14. The molecule has 0 aliphatic heterocycles. The van der Waals surface area contributed by atoms with Crippen LogP contribution in [0.5, 0.6) is 0 Å². The molecule has 26 heavy (non-hydrogen) atoms. The van der Waals surface area contributed by atoms with Gasteiger partial charge in [-0.25, -0.2) is 9.59 Å². The van der Waals surface area contributed by atoms with Gasteiger partial charge in [-0.1, -0.05) is 0 Å². The number of nitrogens with one attached hydrogen (secondary N) is 4. The van der Waals surface area contributed by atoms with Crippen molar-refractivity contribution in [3.05, 3.63) is 60.2 Å². The summed E-state index contributed by atoms with van der Waals surface area (Å²) in [5.41, 5.74) is 1.99. The summed E-state index contributed by atoms with van der Waals surface area (Å²) in [6.45, 7) is 2.05. The van der Waals surface area contributed by atoms with E-state index < -0.39 is 0 Å². The van der Waals surface area contributed by atoms with Crippen LogP contribution in [0, 0.1) is 0 Å². The average molecular weight is 356 g/mol. The molecule has 8 nitrogen and oxygen atoms in total. The third-order valence-corrected chi connectivity index (χ3v) is 3.58. The Morgan fingerprint density at radius 3 is 1.42 bits per heavy atom. The lowest BCUT2D eigenvalue weighted by molar-refractivity contribution is 0.238. The first-order valence-electron chi connectivity index (χ1n) is 8.55. The number of amides is 4. The minimum atomic E-state index is -0.204. The van der Waals surface area contributed by atoms with Crippen LogP contribution in [0.2, 0.25) is 0 Å². The highest BCUT2D eigenvalue weighted by Crippen LogP contribution is 1.95. The van der Waals surface area contributed by atoms with E-state index in [1.807, 2.05) is 24.3 Å². The molecule has 0 radical (unpaired) electrons. The maximum Gasteiger partial charge on any atom is 0.315 e. The van der Waals surface area contributed by atoms with Crippen LogP contribution < -0.4 is 21.3 Å². The highest BCUT2D eigenvalue weighted by molar-refractivity contribution is 5.74. The first kappa shape index (κ1) is 19.2. The Bertz CT molecular complexity index is 606. The van der Waals surface area contributed by atoms with E-state index in [4.69, 9.17) is 0 Å². The second-order valence-electron chi connectivity index (χ2n) is 5.64. The van der Waals surface area contributed by atoms with Gasteiger partial charge < -0.3 is 21.3 Å². The van der Waals surface area contributed by atoms with Gasteiger partial charge in [0.2, 0.25) is 0 Å². The lowest BCUT2D eigenvalue weighted by Crippen LogP contribution is -2.37. The topological polar surface area (TPSA) is 108 Å². The zero-order valence-corrected chi connectivity index (χ0v) is 14.6. The van der Waals surface area contributed by atoms with E-state index in [-0.39, 0.29) is 12.1 Å². The van der Waals surface area contributed by atoms with Gasteiger partial charge in [0, 0.05) is 51.0 Å². The molecular formula is C18H24N6O2. The Morgan fingerprint density at radius 2 is 1.04 bits per heavy atom. The molecule has 2 aromatic heterocycles. The molecule has 0 fully saturated rings. The Labute approximate surface area is 152 Å². The van der Waals surface area contributed by atoms with E-state index in [2.05, 4.69) is 31.2 Å². The molecule has 0 spiro atoms. The molecular weight excluding hydrogens is 332 g/mol. The first-order chi connectivity index (χ1) is 12.7. The summed E-state index contributed by atoms with van der Waals surface area (Å²) in [6.07, 6.45) is 8.33. The lowest BCUT2D eigenvalue weighted by Gasteiger charge is -2.09. The van der Waals surface area contributed by atoms with Crippen molar-refractivity contribution in [3.8, 4) is 0 Å². The molecule has 0 saturated heterocycles. The summed E-state index contributed by atoms with van der Waals surface area (Å²) in [4.78, 5) is 31.2. The van der Waals surface area contributed by atoms with Gasteiger partial charge in [0.25, 0.3) is 0 Å². The van der Waals surface area contributed by atoms with Crippen molar-refractivity contribution < 1.29 is 9.59 Å². The van der Waals surface area contributed by atoms with Crippen LogP contribution in [0.25, 0.3) is 0 Å². The molecule has 138 valence electrons. The zero-order valence-electron chi connectivity index (χ0n) is 14.6. The van der Waals surface area contributed by atoms with Crippen molar-refractivity contribution in [2.45, 2.75) is 25.9 Å².